The second-order valence-electron chi connectivity index (χ2n) is 5.91. The summed E-state index contributed by atoms with van der Waals surface area (Å²) in [6, 6.07) is 11.7. The molecule has 0 aliphatic carbocycles. The minimum atomic E-state index is -0.151. The molecule has 0 saturated heterocycles. The summed E-state index contributed by atoms with van der Waals surface area (Å²) >= 11 is 0. The van der Waals surface area contributed by atoms with E-state index >= 15 is 0 Å². The van der Waals surface area contributed by atoms with E-state index in [1.807, 2.05) is 38.1 Å². The molecule has 2 amide bonds. The zero-order chi connectivity index (χ0) is 17.4. The standard InChI is InChI=1S/C19H25N3O2/c1-14(4-5-16-6-8-18(24-3)9-7-16)21-19(23)22-15(2)17-10-12-20-13-11-17/h6-15H,4-5H2,1-3H3,(H2,21,22,23)/t14-,15-/m0/s1. The minimum absolute atomic E-state index is 0.0539. The molecule has 2 N–H and O–H groups in total. The Kier molecular flexibility index (Phi) is 6.61. The Labute approximate surface area is 143 Å². The van der Waals surface area contributed by atoms with Gasteiger partial charge in [0.05, 0.1) is 13.2 Å². The van der Waals surface area contributed by atoms with Crippen molar-refractivity contribution in [3.05, 3.63) is 59.9 Å². The van der Waals surface area contributed by atoms with Crippen LogP contribution in [0.2, 0.25) is 0 Å². The molecule has 0 spiro atoms. The third kappa shape index (κ3) is 5.57. The van der Waals surface area contributed by atoms with E-state index < -0.39 is 0 Å². The van der Waals surface area contributed by atoms with Crippen molar-refractivity contribution in [3.8, 4) is 5.75 Å². The van der Waals surface area contributed by atoms with Gasteiger partial charge in [0.2, 0.25) is 0 Å². The molecule has 0 radical (unpaired) electrons. The molecule has 0 bridgehead atoms. The number of benzene rings is 1. The molecule has 1 heterocycles. The smallest absolute Gasteiger partial charge is 0.315 e. The highest BCUT2D eigenvalue weighted by Crippen LogP contribution is 2.13. The van der Waals surface area contributed by atoms with E-state index in [0.29, 0.717) is 0 Å². The highest BCUT2D eigenvalue weighted by molar-refractivity contribution is 5.74. The summed E-state index contributed by atoms with van der Waals surface area (Å²) in [6.45, 7) is 3.97. The predicted octanol–water partition coefficient (Wildman–Crippen LogP) is 3.47. The summed E-state index contributed by atoms with van der Waals surface area (Å²) in [4.78, 5) is 16.1. The van der Waals surface area contributed by atoms with Gasteiger partial charge in [-0.05, 0) is 62.1 Å². The molecule has 0 aliphatic heterocycles. The van der Waals surface area contributed by atoms with Gasteiger partial charge in [-0.1, -0.05) is 12.1 Å². The number of hydrogen-bond donors (Lipinski definition) is 2. The van der Waals surface area contributed by atoms with Gasteiger partial charge in [-0.2, -0.15) is 0 Å². The maximum Gasteiger partial charge on any atom is 0.315 e. The first kappa shape index (κ1) is 17.8. The van der Waals surface area contributed by atoms with E-state index in [1.54, 1.807) is 19.5 Å². The number of aryl methyl sites for hydroxylation is 1. The Morgan fingerprint density at radius 3 is 2.38 bits per heavy atom. The number of rotatable bonds is 7. The zero-order valence-electron chi connectivity index (χ0n) is 14.5. The van der Waals surface area contributed by atoms with Gasteiger partial charge in [0.25, 0.3) is 0 Å². The Hall–Kier alpha value is -2.56. The molecule has 24 heavy (non-hydrogen) atoms. The van der Waals surface area contributed by atoms with Crippen LogP contribution in [0.15, 0.2) is 48.8 Å². The molecule has 2 atom stereocenters. The third-order valence-electron chi connectivity index (χ3n) is 3.96. The first-order chi connectivity index (χ1) is 11.6. The summed E-state index contributed by atoms with van der Waals surface area (Å²) in [6.07, 6.45) is 5.24. The average molecular weight is 327 g/mol. The lowest BCUT2D eigenvalue weighted by atomic mass is 10.1. The summed E-state index contributed by atoms with van der Waals surface area (Å²) in [5.41, 5.74) is 2.26. The van der Waals surface area contributed by atoms with Crippen molar-refractivity contribution in [3.63, 3.8) is 0 Å². The summed E-state index contributed by atoms with van der Waals surface area (Å²) in [5.74, 6) is 0.856. The second-order valence-corrected chi connectivity index (χ2v) is 5.91. The number of amides is 2. The molecule has 0 unspecified atom stereocenters. The maximum atomic E-state index is 12.1. The minimum Gasteiger partial charge on any atom is -0.497 e. The number of ether oxygens (including phenoxy) is 1. The first-order valence-corrected chi connectivity index (χ1v) is 8.18. The van der Waals surface area contributed by atoms with Crippen molar-refractivity contribution in [1.82, 2.24) is 15.6 Å². The number of carbonyl (C=O) groups is 1. The number of hydrogen-bond acceptors (Lipinski definition) is 3. The first-order valence-electron chi connectivity index (χ1n) is 8.18. The Morgan fingerprint density at radius 2 is 1.75 bits per heavy atom. The van der Waals surface area contributed by atoms with Gasteiger partial charge in [0.1, 0.15) is 5.75 Å². The number of carbonyl (C=O) groups excluding carboxylic acids is 1. The SMILES string of the molecule is COc1ccc(CC[C@H](C)NC(=O)N[C@@H](C)c2ccncc2)cc1. The van der Waals surface area contributed by atoms with E-state index in [9.17, 15) is 4.79 Å². The number of nitrogens with zero attached hydrogens (tertiary/aromatic N) is 1. The van der Waals surface area contributed by atoms with Gasteiger partial charge in [-0.15, -0.1) is 0 Å². The molecule has 128 valence electrons. The highest BCUT2D eigenvalue weighted by Gasteiger charge is 2.11. The summed E-state index contributed by atoms with van der Waals surface area (Å²) in [5, 5.41) is 5.93. The van der Waals surface area contributed by atoms with E-state index in [0.717, 1.165) is 24.2 Å². The highest BCUT2D eigenvalue weighted by atomic mass is 16.5. The molecular formula is C19H25N3O2. The molecule has 1 aromatic carbocycles. The largest absolute Gasteiger partial charge is 0.497 e. The van der Waals surface area contributed by atoms with E-state index in [2.05, 4.69) is 27.8 Å². The molecule has 5 nitrogen and oxygen atoms in total. The average Bonchev–Trinajstić information content (AvgIpc) is 2.61. The van der Waals surface area contributed by atoms with Gasteiger partial charge < -0.3 is 15.4 Å². The fourth-order valence-corrected chi connectivity index (χ4v) is 2.45. The zero-order valence-corrected chi connectivity index (χ0v) is 14.5. The summed E-state index contributed by atoms with van der Waals surface area (Å²) < 4.78 is 5.15. The number of aromatic nitrogens is 1. The van der Waals surface area contributed by atoms with Crippen LogP contribution in [0, 0.1) is 0 Å². The van der Waals surface area contributed by atoms with Crippen LogP contribution >= 0.6 is 0 Å². The number of urea groups is 1. The molecule has 2 aromatic rings. The Balaban J connectivity index is 1.74. The van der Waals surface area contributed by atoms with Crippen molar-refractivity contribution in [1.29, 1.82) is 0 Å². The van der Waals surface area contributed by atoms with Gasteiger partial charge >= 0.3 is 6.03 Å². The lowest BCUT2D eigenvalue weighted by Gasteiger charge is -2.18. The number of nitrogens with one attached hydrogen (secondary N) is 2. The van der Waals surface area contributed by atoms with Crippen LogP contribution in [0.1, 0.15) is 37.4 Å². The number of pyridine rings is 1. The van der Waals surface area contributed by atoms with Crippen LogP contribution in [0.3, 0.4) is 0 Å². The van der Waals surface area contributed by atoms with Gasteiger partial charge in [-0.3, -0.25) is 4.98 Å². The lowest BCUT2D eigenvalue weighted by molar-refractivity contribution is 0.234. The van der Waals surface area contributed by atoms with Crippen molar-refractivity contribution >= 4 is 6.03 Å². The van der Waals surface area contributed by atoms with Gasteiger partial charge in [-0.25, -0.2) is 4.79 Å². The van der Waals surface area contributed by atoms with Crippen LogP contribution in [0.25, 0.3) is 0 Å². The van der Waals surface area contributed by atoms with E-state index in [-0.39, 0.29) is 18.1 Å². The van der Waals surface area contributed by atoms with Crippen LogP contribution in [-0.2, 0) is 6.42 Å². The monoisotopic (exact) mass is 327 g/mol. The predicted molar refractivity (Wildman–Crippen MR) is 95.1 cm³/mol. The molecule has 0 saturated carbocycles. The van der Waals surface area contributed by atoms with Crippen LogP contribution in [-0.4, -0.2) is 24.2 Å². The lowest BCUT2D eigenvalue weighted by Crippen LogP contribution is -2.41. The summed E-state index contributed by atoms with van der Waals surface area (Å²) in [7, 11) is 1.66. The van der Waals surface area contributed by atoms with Gasteiger partial charge in [0, 0.05) is 18.4 Å². The van der Waals surface area contributed by atoms with Crippen molar-refractivity contribution in [2.75, 3.05) is 7.11 Å². The maximum absolute atomic E-state index is 12.1. The fraction of sp³-hybridized carbons (Fsp3) is 0.368. The quantitative estimate of drug-likeness (QED) is 0.818. The fourth-order valence-electron chi connectivity index (χ4n) is 2.45. The van der Waals surface area contributed by atoms with Gasteiger partial charge in [0.15, 0.2) is 0 Å². The topological polar surface area (TPSA) is 63.2 Å². The normalized spacial score (nSPS) is 13.0. The Bertz CT molecular complexity index is 629. The number of methoxy groups -OCH3 is 1. The molecule has 0 fully saturated rings. The van der Waals surface area contributed by atoms with Crippen LogP contribution in [0.5, 0.6) is 5.75 Å². The van der Waals surface area contributed by atoms with E-state index in [1.165, 1.54) is 5.56 Å². The van der Waals surface area contributed by atoms with Crippen LogP contribution in [0.4, 0.5) is 4.79 Å². The van der Waals surface area contributed by atoms with Crippen molar-refractivity contribution < 1.29 is 9.53 Å². The van der Waals surface area contributed by atoms with Crippen molar-refractivity contribution in [2.24, 2.45) is 0 Å². The molecular weight excluding hydrogens is 302 g/mol. The van der Waals surface area contributed by atoms with Crippen LogP contribution < -0.4 is 15.4 Å². The molecule has 0 aliphatic rings. The third-order valence-corrected chi connectivity index (χ3v) is 3.96. The van der Waals surface area contributed by atoms with Crippen molar-refractivity contribution in [2.45, 2.75) is 38.8 Å². The van der Waals surface area contributed by atoms with E-state index in [4.69, 9.17) is 4.74 Å². The second kappa shape index (κ2) is 8.91. The molecule has 1 aromatic heterocycles. The molecule has 5 heteroatoms. The molecule has 2 rings (SSSR count). The Morgan fingerprint density at radius 1 is 1.08 bits per heavy atom.